The number of hydrogen-bond acceptors (Lipinski definition) is 3. The average Bonchev–Trinajstić information content (AvgIpc) is 2.41. The van der Waals surface area contributed by atoms with E-state index in [4.69, 9.17) is 0 Å². The normalized spacial score (nSPS) is 10.7. The third-order valence-corrected chi connectivity index (χ3v) is 3.73. The molecule has 0 fully saturated rings. The number of pyridine rings is 1. The van der Waals surface area contributed by atoms with Crippen molar-refractivity contribution in [3.63, 3.8) is 0 Å². The molecule has 0 aliphatic rings. The minimum atomic E-state index is 0.296. The van der Waals surface area contributed by atoms with Crippen LogP contribution in [-0.2, 0) is 0 Å². The van der Waals surface area contributed by atoms with E-state index in [-0.39, 0.29) is 0 Å². The van der Waals surface area contributed by atoms with Gasteiger partial charge in [-0.25, -0.2) is 4.98 Å². The molecular formula is C15H11NOS. The highest BCUT2D eigenvalue weighted by Crippen LogP contribution is 2.34. The van der Waals surface area contributed by atoms with Crippen molar-refractivity contribution in [3.05, 3.63) is 60.8 Å². The SMILES string of the molecule is Oc1cccc2c(Sc3ccccc3)nccc12. The Kier molecular flexibility index (Phi) is 2.90. The summed E-state index contributed by atoms with van der Waals surface area (Å²) in [5.41, 5.74) is 0. The molecule has 0 unspecified atom stereocenters. The zero-order valence-corrected chi connectivity index (χ0v) is 10.4. The molecule has 2 nitrogen and oxygen atoms in total. The highest BCUT2D eigenvalue weighted by Gasteiger charge is 2.06. The molecule has 0 bridgehead atoms. The number of phenolic OH excluding ortho intramolecular Hbond substituents is 1. The zero-order valence-electron chi connectivity index (χ0n) is 9.58. The average molecular weight is 253 g/mol. The third-order valence-electron chi connectivity index (χ3n) is 2.70. The van der Waals surface area contributed by atoms with Gasteiger partial charge in [0.1, 0.15) is 10.8 Å². The van der Waals surface area contributed by atoms with E-state index < -0.39 is 0 Å². The predicted molar refractivity (Wildman–Crippen MR) is 74.0 cm³/mol. The lowest BCUT2D eigenvalue weighted by Gasteiger charge is -2.06. The Morgan fingerprint density at radius 3 is 2.50 bits per heavy atom. The monoisotopic (exact) mass is 253 g/mol. The van der Waals surface area contributed by atoms with Gasteiger partial charge in [0.25, 0.3) is 0 Å². The van der Waals surface area contributed by atoms with Crippen LogP contribution in [0.4, 0.5) is 0 Å². The van der Waals surface area contributed by atoms with Gasteiger partial charge in [0.05, 0.1) is 0 Å². The number of nitrogens with zero attached hydrogens (tertiary/aromatic N) is 1. The van der Waals surface area contributed by atoms with E-state index in [2.05, 4.69) is 4.98 Å². The van der Waals surface area contributed by atoms with Crippen molar-refractivity contribution in [2.45, 2.75) is 9.92 Å². The van der Waals surface area contributed by atoms with Crippen LogP contribution in [0.2, 0.25) is 0 Å². The van der Waals surface area contributed by atoms with Crippen LogP contribution < -0.4 is 0 Å². The van der Waals surface area contributed by atoms with Gasteiger partial charge in [-0.3, -0.25) is 0 Å². The van der Waals surface area contributed by atoms with E-state index in [1.54, 1.807) is 24.0 Å². The first kappa shape index (κ1) is 11.1. The first-order valence-electron chi connectivity index (χ1n) is 5.64. The molecule has 0 aliphatic carbocycles. The van der Waals surface area contributed by atoms with Crippen LogP contribution in [0.1, 0.15) is 0 Å². The number of fused-ring (bicyclic) bond motifs is 1. The topological polar surface area (TPSA) is 33.1 Å². The number of phenols is 1. The van der Waals surface area contributed by atoms with Crippen molar-refractivity contribution in [3.8, 4) is 5.75 Å². The summed E-state index contributed by atoms with van der Waals surface area (Å²) in [5, 5.41) is 12.6. The van der Waals surface area contributed by atoms with Crippen molar-refractivity contribution in [2.24, 2.45) is 0 Å². The minimum absolute atomic E-state index is 0.296. The lowest BCUT2D eigenvalue weighted by Crippen LogP contribution is -1.83. The molecule has 18 heavy (non-hydrogen) atoms. The summed E-state index contributed by atoms with van der Waals surface area (Å²) in [6.45, 7) is 0. The maximum atomic E-state index is 9.82. The molecule has 0 amide bonds. The Morgan fingerprint density at radius 2 is 1.67 bits per heavy atom. The molecule has 1 heterocycles. The fraction of sp³-hybridized carbons (Fsp3) is 0. The summed E-state index contributed by atoms with van der Waals surface area (Å²) < 4.78 is 0. The van der Waals surface area contributed by atoms with E-state index in [1.165, 1.54) is 0 Å². The molecule has 1 aromatic heterocycles. The van der Waals surface area contributed by atoms with Crippen LogP contribution in [0.25, 0.3) is 10.8 Å². The highest BCUT2D eigenvalue weighted by atomic mass is 32.2. The first-order chi connectivity index (χ1) is 8.84. The van der Waals surface area contributed by atoms with E-state index in [0.29, 0.717) is 5.75 Å². The summed E-state index contributed by atoms with van der Waals surface area (Å²) in [7, 11) is 0. The molecule has 2 aromatic carbocycles. The van der Waals surface area contributed by atoms with Gasteiger partial charge >= 0.3 is 0 Å². The highest BCUT2D eigenvalue weighted by molar-refractivity contribution is 7.99. The molecule has 0 radical (unpaired) electrons. The van der Waals surface area contributed by atoms with Gasteiger partial charge in [-0.1, -0.05) is 42.1 Å². The lowest BCUT2D eigenvalue weighted by atomic mass is 10.1. The molecule has 0 spiro atoms. The van der Waals surface area contributed by atoms with Gasteiger partial charge < -0.3 is 5.11 Å². The Balaban J connectivity index is 2.10. The maximum absolute atomic E-state index is 9.82. The van der Waals surface area contributed by atoms with Gasteiger partial charge in [-0.15, -0.1) is 0 Å². The standard InChI is InChI=1S/C15H11NOS/c17-14-8-4-7-13-12(14)9-10-16-15(13)18-11-5-2-1-3-6-11/h1-10,17H. The van der Waals surface area contributed by atoms with Crippen molar-refractivity contribution in [2.75, 3.05) is 0 Å². The quantitative estimate of drug-likeness (QED) is 0.746. The molecule has 0 saturated heterocycles. The van der Waals surface area contributed by atoms with Crippen LogP contribution in [0.3, 0.4) is 0 Å². The third kappa shape index (κ3) is 2.05. The summed E-state index contributed by atoms with van der Waals surface area (Å²) >= 11 is 1.60. The first-order valence-corrected chi connectivity index (χ1v) is 6.46. The zero-order chi connectivity index (χ0) is 12.4. The molecule has 3 heteroatoms. The van der Waals surface area contributed by atoms with E-state index >= 15 is 0 Å². The molecule has 0 aliphatic heterocycles. The number of aromatic hydroxyl groups is 1. The summed E-state index contributed by atoms with van der Waals surface area (Å²) in [4.78, 5) is 5.53. The van der Waals surface area contributed by atoms with Gasteiger partial charge in [0.15, 0.2) is 0 Å². The Labute approximate surface area is 109 Å². The number of hydrogen-bond donors (Lipinski definition) is 1. The molecule has 88 valence electrons. The molecule has 3 aromatic rings. The van der Waals surface area contributed by atoms with Crippen LogP contribution in [0.15, 0.2) is 70.7 Å². The Hall–Kier alpha value is -2.00. The van der Waals surface area contributed by atoms with Gasteiger partial charge in [-0.05, 0) is 24.3 Å². The molecular weight excluding hydrogens is 242 g/mol. The van der Waals surface area contributed by atoms with Gasteiger partial charge in [0, 0.05) is 21.9 Å². The molecule has 0 saturated carbocycles. The summed E-state index contributed by atoms with van der Waals surface area (Å²) in [5.74, 6) is 0.296. The van der Waals surface area contributed by atoms with Gasteiger partial charge in [-0.2, -0.15) is 0 Å². The van der Waals surface area contributed by atoms with E-state index in [0.717, 1.165) is 20.7 Å². The van der Waals surface area contributed by atoms with Crippen molar-refractivity contribution in [1.82, 2.24) is 4.98 Å². The number of aromatic nitrogens is 1. The minimum Gasteiger partial charge on any atom is -0.507 e. The molecule has 3 rings (SSSR count). The number of rotatable bonds is 2. The summed E-state index contributed by atoms with van der Waals surface area (Å²) in [6, 6.07) is 17.4. The van der Waals surface area contributed by atoms with Crippen molar-refractivity contribution < 1.29 is 5.11 Å². The predicted octanol–water partition coefficient (Wildman–Crippen LogP) is 4.09. The second kappa shape index (κ2) is 4.70. The van der Waals surface area contributed by atoms with Crippen LogP contribution in [-0.4, -0.2) is 10.1 Å². The van der Waals surface area contributed by atoms with Crippen LogP contribution in [0, 0.1) is 0 Å². The summed E-state index contributed by atoms with van der Waals surface area (Å²) in [6.07, 6.45) is 1.73. The lowest BCUT2D eigenvalue weighted by molar-refractivity contribution is 0.481. The van der Waals surface area contributed by atoms with Crippen LogP contribution in [0.5, 0.6) is 5.75 Å². The largest absolute Gasteiger partial charge is 0.507 e. The molecule has 0 atom stereocenters. The van der Waals surface area contributed by atoms with E-state index in [9.17, 15) is 5.11 Å². The Morgan fingerprint density at radius 1 is 0.833 bits per heavy atom. The fourth-order valence-electron chi connectivity index (χ4n) is 1.85. The fourth-order valence-corrected chi connectivity index (χ4v) is 2.76. The van der Waals surface area contributed by atoms with Gasteiger partial charge in [0.2, 0.25) is 0 Å². The maximum Gasteiger partial charge on any atom is 0.123 e. The smallest absolute Gasteiger partial charge is 0.123 e. The van der Waals surface area contributed by atoms with E-state index in [1.807, 2.05) is 48.5 Å². The van der Waals surface area contributed by atoms with Crippen molar-refractivity contribution in [1.29, 1.82) is 0 Å². The Bertz CT molecular complexity index is 682. The second-order valence-electron chi connectivity index (χ2n) is 3.90. The molecule has 1 N–H and O–H groups in total. The number of benzene rings is 2. The second-order valence-corrected chi connectivity index (χ2v) is 4.97. The van der Waals surface area contributed by atoms with Crippen molar-refractivity contribution >= 4 is 22.5 Å². The van der Waals surface area contributed by atoms with Crippen LogP contribution >= 0.6 is 11.8 Å².